The summed E-state index contributed by atoms with van der Waals surface area (Å²) < 4.78 is 5.38. The van der Waals surface area contributed by atoms with Gasteiger partial charge in [0.2, 0.25) is 17.7 Å². The van der Waals surface area contributed by atoms with Crippen molar-refractivity contribution in [2.45, 2.75) is 38.1 Å². The zero-order valence-electron chi connectivity index (χ0n) is 18.4. The molecule has 0 unspecified atom stereocenters. The Morgan fingerprint density at radius 1 is 1.18 bits per heavy atom. The number of aliphatic hydroxyl groups excluding tert-OH is 1. The predicted octanol–water partition coefficient (Wildman–Crippen LogP) is 1.96. The molecule has 3 aliphatic heterocycles. The van der Waals surface area contributed by atoms with Crippen molar-refractivity contribution in [2.24, 2.45) is 11.8 Å². The Labute approximate surface area is 195 Å². The molecule has 9 heteroatoms. The summed E-state index contributed by atoms with van der Waals surface area (Å²) in [5, 5.41) is 17.1. The van der Waals surface area contributed by atoms with Gasteiger partial charge in [0.25, 0.3) is 0 Å². The van der Waals surface area contributed by atoms with E-state index < -0.39 is 47.2 Å². The van der Waals surface area contributed by atoms with Gasteiger partial charge in [-0.15, -0.1) is 0 Å². The van der Waals surface area contributed by atoms with Crippen LogP contribution in [-0.4, -0.2) is 47.0 Å². The van der Waals surface area contributed by atoms with Crippen LogP contribution in [0.15, 0.2) is 36.4 Å². The van der Waals surface area contributed by atoms with Crippen LogP contribution in [0, 0.1) is 18.8 Å². The third kappa shape index (κ3) is 2.87. The fourth-order valence-electron chi connectivity index (χ4n) is 5.55. The molecule has 0 bridgehead atoms. The van der Waals surface area contributed by atoms with Crippen LogP contribution in [0.2, 0.25) is 5.02 Å². The fraction of sp³-hybridized carbons (Fsp3) is 0.375. The number of para-hydroxylation sites is 1. The Morgan fingerprint density at radius 2 is 1.91 bits per heavy atom. The number of carbonyl (C=O) groups is 3. The number of halogens is 1. The smallest absolute Gasteiger partial charge is 0.250 e. The van der Waals surface area contributed by atoms with E-state index in [4.69, 9.17) is 16.3 Å². The highest BCUT2D eigenvalue weighted by molar-refractivity contribution is 6.32. The van der Waals surface area contributed by atoms with E-state index in [9.17, 15) is 19.5 Å². The van der Waals surface area contributed by atoms with Gasteiger partial charge in [-0.05, 0) is 31.5 Å². The first-order chi connectivity index (χ1) is 15.7. The van der Waals surface area contributed by atoms with Crippen molar-refractivity contribution >= 4 is 35.0 Å². The first-order valence-corrected chi connectivity index (χ1v) is 11.1. The molecule has 2 fully saturated rings. The molecule has 0 saturated carbocycles. The van der Waals surface area contributed by atoms with E-state index in [1.54, 1.807) is 50.2 Å². The number of likely N-dealkylation sites (tertiary alicyclic amines) is 1. The number of ether oxygens (including phenoxy) is 1. The van der Waals surface area contributed by atoms with E-state index in [1.165, 1.54) is 12.0 Å². The predicted molar refractivity (Wildman–Crippen MR) is 121 cm³/mol. The zero-order chi connectivity index (χ0) is 23.7. The van der Waals surface area contributed by atoms with Gasteiger partial charge in [-0.2, -0.15) is 0 Å². The van der Waals surface area contributed by atoms with Crippen LogP contribution in [0.25, 0.3) is 0 Å². The van der Waals surface area contributed by atoms with Crippen LogP contribution in [0.3, 0.4) is 0 Å². The number of benzene rings is 2. The molecular weight excluding hydrogens is 446 g/mol. The van der Waals surface area contributed by atoms with Crippen molar-refractivity contribution in [3.63, 3.8) is 0 Å². The van der Waals surface area contributed by atoms with E-state index >= 15 is 0 Å². The van der Waals surface area contributed by atoms with Gasteiger partial charge in [-0.1, -0.05) is 35.9 Å². The SMILES string of the molecule is COc1ccccc1CN1C(=O)[C@@H]2[C@H]([C@@H](C)O)N[C@@]3(C(=O)Nc4c3ccc(Cl)c4C)[C@@H]2C1=O. The molecule has 0 radical (unpaired) electrons. The van der Waals surface area contributed by atoms with Gasteiger partial charge in [-0.25, -0.2) is 0 Å². The summed E-state index contributed by atoms with van der Waals surface area (Å²) in [6, 6.07) is 9.77. The lowest BCUT2D eigenvalue weighted by Gasteiger charge is -2.30. The molecule has 2 saturated heterocycles. The fourth-order valence-corrected chi connectivity index (χ4v) is 5.71. The van der Waals surface area contributed by atoms with E-state index in [-0.39, 0.29) is 6.54 Å². The molecule has 5 atom stereocenters. The number of amides is 3. The summed E-state index contributed by atoms with van der Waals surface area (Å²) in [5.41, 5.74) is 0.984. The zero-order valence-corrected chi connectivity index (χ0v) is 19.1. The number of nitrogens with zero attached hydrogens (tertiary/aromatic N) is 1. The second kappa shape index (κ2) is 7.55. The van der Waals surface area contributed by atoms with Gasteiger partial charge in [-0.3, -0.25) is 24.6 Å². The third-order valence-electron chi connectivity index (χ3n) is 7.15. The number of carbonyl (C=O) groups excluding carboxylic acids is 3. The lowest BCUT2D eigenvalue weighted by atomic mass is 9.76. The molecule has 0 aromatic heterocycles. The normalized spacial score (nSPS) is 28.8. The van der Waals surface area contributed by atoms with Crippen LogP contribution in [-0.2, 0) is 26.5 Å². The standard InChI is InChI=1S/C24H24ClN3O5/c1-11-15(25)9-8-14-19(11)26-23(32)24(14)18-17(20(27-24)12(2)29)21(30)28(22(18)31)10-13-6-4-5-7-16(13)33-3/h4-9,12,17-18,20,27,29H,10H2,1-3H3,(H,26,32)/t12-,17+,18+,20+,24-/m1/s1. The number of methoxy groups -OCH3 is 1. The van der Waals surface area contributed by atoms with Gasteiger partial charge < -0.3 is 15.2 Å². The maximum absolute atomic E-state index is 13.8. The molecule has 5 rings (SSSR count). The van der Waals surface area contributed by atoms with Gasteiger partial charge >= 0.3 is 0 Å². The third-order valence-corrected chi connectivity index (χ3v) is 7.56. The van der Waals surface area contributed by atoms with Gasteiger partial charge in [0.15, 0.2) is 0 Å². The summed E-state index contributed by atoms with van der Waals surface area (Å²) in [4.78, 5) is 42.0. The number of rotatable bonds is 4. The van der Waals surface area contributed by atoms with E-state index in [0.29, 0.717) is 33.1 Å². The molecule has 0 aliphatic carbocycles. The molecule has 8 nitrogen and oxygen atoms in total. The summed E-state index contributed by atoms with van der Waals surface area (Å²) in [5.74, 6) is -2.63. The van der Waals surface area contributed by atoms with Gasteiger partial charge in [0.05, 0.1) is 37.3 Å². The van der Waals surface area contributed by atoms with E-state index in [1.807, 2.05) is 0 Å². The topological polar surface area (TPSA) is 108 Å². The highest BCUT2D eigenvalue weighted by Crippen LogP contribution is 2.54. The van der Waals surface area contributed by atoms with Crippen molar-refractivity contribution in [3.8, 4) is 5.75 Å². The Morgan fingerprint density at radius 3 is 2.61 bits per heavy atom. The quantitative estimate of drug-likeness (QED) is 0.591. The van der Waals surface area contributed by atoms with Crippen LogP contribution >= 0.6 is 11.6 Å². The minimum Gasteiger partial charge on any atom is -0.496 e. The first kappa shape index (κ1) is 21.9. The number of aliphatic hydroxyl groups is 1. The van der Waals surface area contributed by atoms with Crippen LogP contribution in [0.5, 0.6) is 5.75 Å². The molecule has 1 spiro atoms. The highest BCUT2D eigenvalue weighted by Gasteiger charge is 2.71. The second-order valence-electron chi connectivity index (χ2n) is 8.85. The van der Waals surface area contributed by atoms with Crippen molar-refractivity contribution in [1.82, 2.24) is 10.2 Å². The minimum absolute atomic E-state index is 0.0193. The van der Waals surface area contributed by atoms with Crippen LogP contribution in [0.4, 0.5) is 5.69 Å². The molecule has 2 aromatic carbocycles. The number of hydrogen-bond acceptors (Lipinski definition) is 6. The molecule has 3 N–H and O–H groups in total. The lowest BCUT2D eigenvalue weighted by Crippen LogP contribution is -2.54. The van der Waals surface area contributed by atoms with Crippen molar-refractivity contribution < 1.29 is 24.2 Å². The largest absolute Gasteiger partial charge is 0.496 e. The van der Waals surface area contributed by atoms with Crippen LogP contribution in [0.1, 0.15) is 23.6 Å². The van der Waals surface area contributed by atoms with Gasteiger partial charge in [0, 0.05) is 22.2 Å². The van der Waals surface area contributed by atoms with Gasteiger partial charge in [0.1, 0.15) is 11.3 Å². The van der Waals surface area contributed by atoms with E-state index in [0.717, 1.165) is 0 Å². The average molecular weight is 470 g/mol. The number of fused-ring (bicyclic) bond motifs is 4. The maximum atomic E-state index is 13.8. The Balaban J connectivity index is 1.63. The lowest BCUT2D eigenvalue weighted by molar-refractivity contribution is -0.143. The highest BCUT2D eigenvalue weighted by atomic mass is 35.5. The second-order valence-corrected chi connectivity index (χ2v) is 9.25. The molecule has 172 valence electrons. The van der Waals surface area contributed by atoms with Crippen molar-refractivity contribution in [1.29, 1.82) is 0 Å². The van der Waals surface area contributed by atoms with Crippen molar-refractivity contribution in [3.05, 3.63) is 58.1 Å². The number of hydrogen-bond donors (Lipinski definition) is 3. The monoisotopic (exact) mass is 469 g/mol. The maximum Gasteiger partial charge on any atom is 0.250 e. The number of nitrogens with one attached hydrogen (secondary N) is 2. The van der Waals surface area contributed by atoms with E-state index in [2.05, 4.69) is 10.6 Å². The molecule has 3 aliphatic rings. The average Bonchev–Trinajstić information content (AvgIpc) is 3.38. The first-order valence-electron chi connectivity index (χ1n) is 10.8. The molecule has 33 heavy (non-hydrogen) atoms. The van der Waals surface area contributed by atoms with Crippen molar-refractivity contribution in [2.75, 3.05) is 12.4 Å². The molecule has 2 aromatic rings. The number of imide groups is 1. The molecule has 3 amide bonds. The summed E-state index contributed by atoms with van der Waals surface area (Å²) in [6.07, 6.45) is -0.968. The number of anilines is 1. The summed E-state index contributed by atoms with van der Waals surface area (Å²) in [6.45, 7) is 3.36. The minimum atomic E-state index is -1.47. The summed E-state index contributed by atoms with van der Waals surface area (Å²) >= 11 is 6.27. The summed E-state index contributed by atoms with van der Waals surface area (Å²) in [7, 11) is 1.52. The Bertz CT molecular complexity index is 1200. The molecular formula is C24H24ClN3O5. The Hall–Kier alpha value is -2.94. The Kier molecular flexibility index (Phi) is 5.00. The van der Waals surface area contributed by atoms with Crippen LogP contribution < -0.4 is 15.4 Å². The molecule has 3 heterocycles.